The van der Waals surface area contributed by atoms with Crippen molar-refractivity contribution >= 4 is 17.7 Å². The van der Waals surface area contributed by atoms with Crippen molar-refractivity contribution < 1.29 is 14.7 Å². The monoisotopic (exact) mass is 249 g/mol. The van der Waals surface area contributed by atoms with E-state index in [2.05, 4.69) is 10.3 Å². The highest BCUT2D eigenvalue weighted by Crippen LogP contribution is 2.24. The van der Waals surface area contributed by atoms with Crippen LogP contribution in [0, 0.1) is 0 Å². The zero-order valence-corrected chi connectivity index (χ0v) is 10.1. The molecule has 1 aromatic heterocycles. The summed E-state index contributed by atoms with van der Waals surface area (Å²) < 4.78 is 0. The molecule has 1 amide bonds. The first-order valence-corrected chi connectivity index (χ1v) is 5.81. The van der Waals surface area contributed by atoms with Gasteiger partial charge in [-0.3, -0.25) is 4.79 Å². The normalized spacial score (nSPS) is 18.7. The van der Waals surface area contributed by atoms with Gasteiger partial charge in [0.2, 0.25) is 5.91 Å². The summed E-state index contributed by atoms with van der Waals surface area (Å²) in [6.45, 7) is 0.716. The molecule has 6 heteroatoms. The SMILES string of the molecule is CNC(=O)C1CCCN1c1cc(C(=O)O)ccn1. The predicted octanol–water partition coefficient (Wildman–Crippen LogP) is 0.495. The van der Waals surface area contributed by atoms with Crippen molar-refractivity contribution in [2.45, 2.75) is 18.9 Å². The van der Waals surface area contributed by atoms with Crippen LogP contribution in [-0.4, -0.2) is 41.6 Å². The molecular weight excluding hydrogens is 234 g/mol. The number of carboxylic acid groups (broad SMARTS) is 1. The smallest absolute Gasteiger partial charge is 0.335 e. The van der Waals surface area contributed by atoms with E-state index in [1.165, 1.54) is 18.3 Å². The average molecular weight is 249 g/mol. The van der Waals surface area contributed by atoms with Crippen LogP contribution in [0.1, 0.15) is 23.2 Å². The van der Waals surface area contributed by atoms with Crippen LogP contribution in [0.15, 0.2) is 18.3 Å². The molecule has 2 heterocycles. The summed E-state index contributed by atoms with van der Waals surface area (Å²) in [6.07, 6.45) is 3.12. The van der Waals surface area contributed by atoms with E-state index in [0.717, 1.165) is 12.8 Å². The number of hydrogen-bond donors (Lipinski definition) is 2. The predicted molar refractivity (Wildman–Crippen MR) is 65.6 cm³/mol. The molecule has 1 aromatic rings. The third-order valence-corrected chi connectivity index (χ3v) is 3.09. The van der Waals surface area contributed by atoms with E-state index in [4.69, 9.17) is 5.11 Å². The number of anilines is 1. The number of pyridine rings is 1. The minimum atomic E-state index is -0.991. The summed E-state index contributed by atoms with van der Waals surface area (Å²) in [5.41, 5.74) is 0.183. The number of likely N-dealkylation sites (N-methyl/N-ethyl adjacent to an activating group) is 1. The van der Waals surface area contributed by atoms with E-state index >= 15 is 0 Å². The lowest BCUT2D eigenvalue weighted by Gasteiger charge is -2.24. The molecule has 1 fully saturated rings. The fourth-order valence-corrected chi connectivity index (χ4v) is 2.19. The second kappa shape index (κ2) is 5.03. The Balaban J connectivity index is 2.27. The molecule has 0 aromatic carbocycles. The molecular formula is C12H15N3O3. The quantitative estimate of drug-likeness (QED) is 0.815. The highest BCUT2D eigenvalue weighted by atomic mass is 16.4. The molecule has 18 heavy (non-hydrogen) atoms. The minimum Gasteiger partial charge on any atom is -0.478 e. The third-order valence-electron chi connectivity index (χ3n) is 3.09. The lowest BCUT2D eigenvalue weighted by molar-refractivity contribution is -0.121. The van der Waals surface area contributed by atoms with Crippen molar-refractivity contribution in [3.8, 4) is 0 Å². The molecule has 0 aliphatic carbocycles. The fourth-order valence-electron chi connectivity index (χ4n) is 2.19. The zero-order chi connectivity index (χ0) is 13.1. The molecule has 0 radical (unpaired) electrons. The molecule has 1 saturated heterocycles. The number of nitrogens with zero attached hydrogens (tertiary/aromatic N) is 2. The first-order valence-electron chi connectivity index (χ1n) is 5.81. The van der Waals surface area contributed by atoms with Crippen LogP contribution in [0.5, 0.6) is 0 Å². The van der Waals surface area contributed by atoms with Crippen LogP contribution < -0.4 is 10.2 Å². The summed E-state index contributed by atoms with van der Waals surface area (Å²) >= 11 is 0. The maximum atomic E-state index is 11.7. The van der Waals surface area contributed by atoms with Crippen molar-refractivity contribution in [2.75, 3.05) is 18.5 Å². The van der Waals surface area contributed by atoms with Gasteiger partial charge in [-0.15, -0.1) is 0 Å². The first-order chi connectivity index (χ1) is 8.63. The van der Waals surface area contributed by atoms with E-state index < -0.39 is 5.97 Å². The fraction of sp³-hybridized carbons (Fsp3) is 0.417. The van der Waals surface area contributed by atoms with Gasteiger partial charge in [-0.2, -0.15) is 0 Å². The Bertz CT molecular complexity index is 475. The van der Waals surface area contributed by atoms with Crippen molar-refractivity contribution in [3.05, 3.63) is 23.9 Å². The lowest BCUT2D eigenvalue weighted by atomic mass is 10.2. The maximum Gasteiger partial charge on any atom is 0.335 e. The zero-order valence-electron chi connectivity index (χ0n) is 10.1. The van der Waals surface area contributed by atoms with Crippen molar-refractivity contribution in [3.63, 3.8) is 0 Å². The van der Waals surface area contributed by atoms with Crippen LogP contribution >= 0.6 is 0 Å². The van der Waals surface area contributed by atoms with Crippen molar-refractivity contribution in [2.24, 2.45) is 0 Å². The molecule has 6 nitrogen and oxygen atoms in total. The van der Waals surface area contributed by atoms with E-state index in [1.807, 2.05) is 4.90 Å². The Morgan fingerprint density at radius 1 is 1.56 bits per heavy atom. The van der Waals surface area contributed by atoms with Crippen LogP contribution in [-0.2, 0) is 4.79 Å². The van der Waals surface area contributed by atoms with Gasteiger partial charge in [-0.05, 0) is 25.0 Å². The van der Waals surface area contributed by atoms with Crippen LogP contribution in [0.25, 0.3) is 0 Å². The van der Waals surface area contributed by atoms with E-state index in [1.54, 1.807) is 7.05 Å². The van der Waals surface area contributed by atoms with Gasteiger partial charge < -0.3 is 15.3 Å². The molecule has 96 valence electrons. The molecule has 1 unspecified atom stereocenters. The summed E-state index contributed by atoms with van der Waals surface area (Å²) in [5, 5.41) is 11.6. The standard InChI is InChI=1S/C12H15N3O3/c1-13-11(16)9-3-2-6-15(9)10-7-8(12(17)18)4-5-14-10/h4-5,7,9H,2-3,6H2,1H3,(H,13,16)(H,17,18). The summed E-state index contributed by atoms with van der Waals surface area (Å²) in [4.78, 5) is 28.6. The van der Waals surface area contributed by atoms with Gasteiger partial charge in [0.15, 0.2) is 0 Å². The van der Waals surface area contributed by atoms with Crippen molar-refractivity contribution in [1.29, 1.82) is 0 Å². The lowest BCUT2D eigenvalue weighted by Crippen LogP contribution is -2.42. The second-order valence-corrected chi connectivity index (χ2v) is 4.17. The molecule has 1 aliphatic heterocycles. The van der Waals surface area contributed by atoms with Gasteiger partial charge in [0.1, 0.15) is 11.9 Å². The number of aromatic nitrogens is 1. The van der Waals surface area contributed by atoms with Crippen molar-refractivity contribution in [1.82, 2.24) is 10.3 Å². The Kier molecular flexibility index (Phi) is 3.45. The summed E-state index contributed by atoms with van der Waals surface area (Å²) in [5.74, 6) is -0.509. The number of rotatable bonds is 3. The van der Waals surface area contributed by atoms with Gasteiger partial charge in [0.25, 0.3) is 0 Å². The Labute approximate surface area is 105 Å². The number of hydrogen-bond acceptors (Lipinski definition) is 4. The number of carboxylic acids is 1. The van der Waals surface area contributed by atoms with E-state index in [0.29, 0.717) is 12.4 Å². The molecule has 0 spiro atoms. The number of carbonyl (C=O) groups is 2. The maximum absolute atomic E-state index is 11.7. The molecule has 2 rings (SSSR count). The summed E-state index contributed by atoms with van der Waals surface area (Å²) in [7, 11) is 1.60. The molecule has 1 aliphatic rings. The Morgan fingerprint density at radius 2 is 2.33 bits per heavy atom. The highest BCUT2D eigenvalue weighted by Gasteiger charge is 2.31. The van der Waals surface area contributed by atoms with E-state index in [9.17, 15) is 9.59 Å². The largest absolute Gasteiger partial charge is 0.478 e. The van der Waals surface area contributed by atoms with Gasteiger partial charge >= 0.3 is 5.97 Å². The third kappa shape index (κ3) is 2.27. The number of aromatic carboxylic acids is 1. The van der Waals surface area contributed by atoms with Gasteiger partial charge in [-0.1, -0.05) is 0 Å². The first kappa shape index (κ1) is 12.3. The molecule has 0 saturated carbocycles. The summed E-state index contributed by atoms with van der Waals surface area (Å²) in [6, 6.07) is 2.69. The van der Waals surface area contributed by atoms with Gasteiger partial charge in [0.05, 0.1) is 5.56 Å². The van der Waals surface area contributed by atoms with Crippen LogP contribution in [0.3, 0.4) is 0 Å². The van der Waals surface area contributed by atoms with Gasteiger partial charge in [0, 0.05) is 19.8 Å². The Morgan fingerprint density at radius 3 is 3.00 bits per heavy atom. The topological polar surface area (TPSA) is 82.5 Å². The average Bonchev–Trinajstić information content (AvgIpc) is 2.87. The number of nitrogens with one attached hydrogen (secondary N) is 1. The van der Waals surface area contributed by atoms with Crippen LogP contribution in [0.2, 0.25) is 0 Å². The highest BCUT2D eigenvalue weighted by molar-refractivity contribution is 5.89. The Hall–Kier alpha value is -2.11. The molecule has 2 N–H and O–H groups in total. The second-order valence-electron chi connectivity index (χ2n) is 4.17. The van der Waals surface area contributed by atoms with E-state index in [-0.39, 0.29) is 17.5 Å². The molecule has 0 bridgehead atoms. The van der Waals surface area contributed by atoms with Crippen LogP contribution in [0.4, 0.5) is 5.82 Å². The minimum absolute atomic E-state index is 0.0602. The number of amides is 1. The van der Waals surface area contributed by atoms with Gasteiger partial charge in [-0.25, -0.2) is 9.78 Å². The molecule has 1 atom stereocenters. The number of carbonyl (C=O) groups excluding carboxylic acids is 1.